The molecule has 0 radical (unpaired) electrons. The molecule has 78 valence electrons. The molecule has 0 bridgehead atoms. The highest BCUT2D eigenvalue weighted by atomic mass is 19.1. The maximum atomic E-state index is 13.6. The Morgan fingerprint density at radius 2 is 2.27 bits per heavy atom. The van der Waals surface area contributed by atoms with E-state index in [4.69, 9.17) is 5.73 Å². The van der Waals surface area contributed by atoms with E-state index in [1.54, 1.807) is 12.1 Å². The van der Waals surface area contributed by atoms with Crippen LogP contribution in [0.5, 0.6) is 0 Å². The van der Waals surface area contributed by atoms with Crippen LogP contribution in [0.4, 0.5) is 4.39 Å². The fraction of sp³-hybridized carbons (Fsp3) is 0.222. The Morgan fingerprint density at radius 1 is 1.47 bits per heavy atom. The maximum Gasteiger partial charge on any atom is 0.170 e. The molecular formula is C9H10FN5. The molecule has 0 spiro atoms. The van der Waals surface area contributed by atoms with Crippen molar-refractivity contribution in [1.82, 2.24) is 20.2 Å². The van der Waals surface area contributed by atoms with Gasteiger partial charge in [0, 0.05) is 0 Å². The predicted molar refractivity (Wildman–Crippen MR) is 51.7 cm³/mol. The summed E-state index contributed by atoms with van der Waals surface area (Å²) >= 11 is 0. The van der Waals surface area contributed by atoms with Crippen LogP contribution >= 0.6 is 0 Å². The summed E-state index contributed by atoms with van der Waals surface area (Å²) in [6, 6.07) is 4.85. The fourth-order valence-electron chi connectivity index (χ4n) is 1.30. The summed E-state index contributed by atoms with van der Waals surface area (Å²) in [6.07, 6.45) is 0. The molecule has 0 atom stereocenters. The van der Waals surface area contributed by atoms with E-state index in [9.17, 15) is 4.39 Å². The van der Waals surface area contributed by atoms with Crippen LogP contribution in [0, 0.1) is 12.7 Å². The van der Waals surface area contributed by atoms with Crippen LogP contribution in [-0.4, -0.2) is 20.2 Å². The van der Waals surface area contributed by atoms with E-state index in [0.29, 0.717) is 11.5 Å². The highest BCUT2D eigenvalue weighted by molar-refractivity contribution is 5.35. The van der Waals surface area contributed by atoms with E-state index >= 15 is 0 Å². The quantitative estimate of drug-likeness (QED) is 0.781. The Hall–Kier alpha value is -1.82. The molecule has 1 aromatic heterocycles. The average molecular weight is 207 g/mol. The Morgan fingerprint density at radius 3 is 2.93 bits per heavy atom. The molecule has 0 aliphatic carbocycles. The largest absolute Gasteiger partial charge is 0.324 e. The minimum absolute atomic E-state index is 0.167. The van der Waals surface area contributed by atoms with Crippen LogP contribution in [0.2, 0.25) is 0 Å². The lowest BCUT2D eigenvalue weighted by Gasteiger charge is -2.04. The lowest BCUT2D eigenvalue weighted by Crippen LogP contribution is -2.09. The van der Waals surface area contributed by atoms with Crippen molar-refractivity contribution in [2.45, 2.75) is 13.5 Å². The van der Waals surface area contributed by atoms with E-state index in [0.717, 1.165) is 5.56 Å². The van der Waals surface area contributed by atoms with Gasteiger partial charge in [-0.05, 0) is 35.0 Å². The molecule has 2 N–H and O–H groups in total. The first-order valence-corrected chi connectivity index (χ1v) is 4.46. The van der Waals surface area contributed by atoms with Gasteiger partial charge in [0.15, 0.2) is 5.82 Å². The monoisotopic (exact) mass is 207 g/mol. The summed E-state index contributed by atoms with van der Waals surface area (Å²) in [5.74, 6) is 0.0646. The van der Waals surface area contributed by atoms with E-state index in [2.05, 4.69) is 15.5 Å². The van der Waals surface area contributed by atoms with Gasteiger partial charge in [-0.3, -0.25) is 0 Å². The smallest absolute Gasteiger partial charge is 0.170 e. The summed E-state index contributed by atoms with van der Waals surface area (Å²) in [6.45, 7) is 1.98. The number of nitrogens with two attached hydrogens (primary N) is 1. The Balaban J connectivity index is 2.54. The molecule has 0 unspecified atom stereocenters. The molecule has 1 aromatic carbocycles. The molecule has 0 amide bonds. The molecular weight excluding hydrogens is 197 g/mol. The van der Waals surface area contributed by atoms with Gasteiger partial charge in [-0.25, -0.2) is 4.39 Å². The average Bonchev–Trinajstić information content (AvgIpc) is 2.65. The Kier molecular flexibility index (Phi) is 2.42. The number of aromatic nitrogens is 4. The minimum atomic E-state index is -0.364. The zero-order valence-corrected chi connectivity index (χ0v) is 8.18. The molecule has 0 saturated heterocycles. The SMILES string of the molecule is Cc1ccc(-n2nnnc2CN)c(F)c1. The zero-order valence-electron chi connectivity index (χ0n) is 8.18. The van der Waals surface area contributed by atoms with Crippen LogP contribution in [0.3, 0.4) is 0 Å². The van der Waals surface area contributed by atoms with Crippen molar-refractivity contribution in [3.05, 3.63) is 35.4 Å². The van der Waals surface area contributed by atoms with E-state index in [-0.39, 0.29) is 12.4 Å². The Labute approximate surface area is 85.7 Å². The van der Waals surface area contributed by atoms with E-state index < -0.39 is 0 Å². The number of hydrogen-bond acceptors (Lipinski definition) is 4. The second-order valence-electron chi connectivity index (χ2n) is 3.17. The van der Waals surface area contributed by atoms with Crippen molar-refractivity contribution in [3.8, 4) is 5.69 Å². The van der Waals surface area contributed by atoms with Gasteiger partial charge >= 0.3 is 0 Å². The standard InChI is InChI=1S/C9H10FN5/c1-6-2-3-8(7(10)4-6)15-9(5-11)12-13-14-15/h2-4H,5,11H2,1H3. The number of benzene rings is 1. The number of tetrazole rings is 1. The zero-order chi connectivity index (χ0) is 10.8. The number of halogens is 1. The van der Waals surface area contributed by atoms with Gasteiger partial charge in [0.05, 0.1) is 6.54 Å². The van der Waals surface area contributed by atoms with Crippen molar-refractivity contribution in [2.75, 3.05) is 0 Å². The topological polar surface area (TPSA) is 69.6 Å². The lowest BCUT2D eigenvalue weighted by atomic mass is 10.2. The van der Waals surface area contributed by atoms with Crippen LogP contribution < -0.4 is 5.73 Å². The predicted octanol–water partition coefficient (Wildman–Crippen LogP) is 0.569. The minimum Gasteiger partial charge on any atom is -0.324 e. The second-order valence-corrected chi connectivity index (χ2v) is 3.17. The summed E-state index contributed by atoms with van der Waals surface area (Å²) in [4.78, 5) is 0. The number of hydrogen-bond donors (Lipinski definition) is 1. The molecule has 0 aliphatic rings. The highest BCUT2D eigenvalue weighted by Gasteiger charge is 2.10. The van der Waals surface area contributed by atoms with Gasteiger partial charge in [-0.15, -0.1) is 5.10 Å². The third-order valence-corrected chi connectivity index (χ3v) is 2.05. The van der Waals surface area contributed by atoms with Crippen LogP contribution in [0.1, 0.15) is 11.4 Å². The molecule has 5 nitrogen and oxygen atoms in total. The second kappa shape index (κ2) is 3.74. The molecule has 1 heterocycles. The van der Waals surface area contributed by atoms with Crippen molar-refractivity contribution < 1.29 is 4.39 Å². The van der Waals surface area contributed by atoms with Crippen molar-refractivity contribution in [2.24, 2.45) is 5.73 Å². The Bertz CT molecular complexity index is 479. The molecule has 0 fully saturated rings. The molecule has 2 aromatic rings. The van der Waals surface area contributed by atoms with Crippen LogP contribution in [0.15, 0.2) is 18.2 Å². The first-order valence-electron chi connectivity index (χ1n) is 4.46. The van der Waals surface area contributed by atoms with E-state index in [1.807, 2.05) is 6.92 Å². The first kappa shape index (κ1) is 9.72. The maximum absolute atomic E-state index is 13.6. The molecule has 0 saturated carbocycles. The fourth-order valence-corrected chi connectivity index (χ4v) is 1.30. The van der Waals surface area contributed by atoms with Gasteiger partial charge < -0.3 is 5.73 Å². The third kappa shape index (κ3) is 1.71. The molecule has 15 heavy (non-hydrogen) atoms. The summed E-state index contributed by atoms with van der Waals surface area (Å²) < 4.78 is 14.9. The molecule has 0 aliphatic heterocycles. The third-order valence-electron chi connectivity index (χ3n) is 2.05. The molecule has 6 heteroatoms. The number of nitrogens with zero attached hydrogens (tertiary/aromatic N) is 4. The van der Waals surface area contributed by atoms with Crippen molar-refractivity contribution in [3.63, 3.8) is 0 Å². The lowest BCUT2D eigenvalue weighted by molar-refractivity contribution is 0.601. The number of rotatable bonds is 2. The van der Waals surface area contributed by atoms with E-state index in [1.165, 1.54) is 10.7 Å². The first-order chi connectivity index (χ1) is 7.22. The van der Waals surface area contributed by atoms with Gasteiger partial charge in [-0.1, -0.05) is 6.07 Å². The number of aryl methyl sites for hydroxylation is 1. The van der Waals surface area contributed by atoms with Crippen LogP contribution in [-0.2, 0) is 6.54 Å². The molecule has 2 rings (SSSR count). The normalized spacial score (nSPS) is 10.6. The van der Waals surface area contributed by atoms with Crippen molar-refractivity contribution >= 4 is 0 Å². The van der Waals surface area contributed by atoms with Gasteiger partial charge in [0.1, 0.15) is 11.5 Å². The highest BCUT2D eigenvalue weighted by Crippen LogP contribution is 2.14. The van der Waals surface area contributed by atoms with Gasteiger partial charge in [-0.2, -0.15) is 4.68 Å². The summed E-state index contributed by atoms with van der Waals surface area (Å²) in [5, 5.41) is 10.8. The van der Waals surface area contributed by atoms with Crippen molar-refractivity contribution in [1.29, 1.82) is 0 Å². The summed E-state index contributed by atoms with van der Waals surface area (Å²) in [5.41, 5.74) is 6.58. The summed E-state index contributed by atoms with van der Waals surface area (Å²) in [7, 11) is 0. The van der Waals surface area contributed by atoms with Gasteiger partial charge in [0.25, 0.3) is 0 Å². The van der Waals surface area contributed by atoms with Crippen LogP contribution in [0.25, 0.3) is 5.69 Å². The van der Waals surface area contributed by atoms with Gasteiger partial charge in [0.2, 0.25) is 0 Å².